The van der Waals surface area contributed by atoms with Crippen LogP contribution in [0, 0.1) is 0 Å². The Hall–Kier alpha value is -1.29. The van der Waals surface area contributed by atoms with Gasteiger partial charge >= 0.3 is 67.6 Å². The number of hydrogen-bond donors (Lipinski definition) is 2. The molecule has 0 aromatic carbocycles. The van der Waals surface area contributed by atoms with E-state index in [9.17, 15) is 92.4 Å². The average Bonchev–Trinajstić information content (AvgIpc) is 2.64. The molecule has 0 fully saturated rings. The van der Waals surface area contributed by atoms with Crippen LogP contribution in [0.5, 0.6) is 0 Å². The fourth-order valence-corrected chi connectivity index (χ4v) is 2.15. The first-order chi connectivity index (χ1) is 15.2. The molecule has 0 aliphatic carbocycles. The number of phosphoric acid groups is 1. The molecule has 0 heterocycles. The van der Waals surface area contributed by atoms with Crippen LogP contribution in [0.4, 0.5) is 87.8 Å². The van der Waals surface area contributed by atoms with E-state index in [4.69, 9.17) is 9.79 Å². The number of rotatable bonds is 12. The van der Waals surface area contributed by atoms with Crippen LogP contribution in [0.3, 0.4) is 0 Å². The van der Waals surface area contributed by atoms with Crippen LogP contribution in [-0.4, -0.2) is 76.1 Å². The van der Waals surface area contributed by atoms with E-state index in [-0.39, 0.29) is 0 Å². The zero-order chi connectivity index (χ0) is 30.0. The van der Waals surface area contributed by atoms with Gasteiger partial charge < -0.3 is 9.79 Å². The molecule has 0 saturated heterocycles. The van der Waals surface area contributed by atoms with Crippen molar-refractivity contribution in [2.75, 3.05) is 6.61 Å². The third kappa shape index (κ3) is 4.69. The molecule has 0 aliphatic rings. The van der Waals surface area contributed by atoms with Gasteiger partial charge in [-0.1, -0.05) is 0 Å². The van der Waals surface area contributed by atoms with Gasteiger partial charge in [0.05, 0.1) is 0 Å². The maximum Gasteiger partial charge on any atom is 0.469 e. The fourth-order valence-electron chi connectivity index (χ4n) is 1.82. The van der Waals surface area contributed by atoms with Crippen molar-refractivity contribution in [1.82, 2.24) is 0 Å². The highest BCUT2D eigenvalue weighted by molar-refractivity contribution is 7.46. The molecular weight excluding hydrogens is 607 g/mol. The van der Waals surface area contributed by atoms with Gasteiger partial charge in [0.25, 0.3) is 0 Å². The smallest absolute Gasteiger partial charge is 0.303 e. The predicted molar refractivity (Wildman–Crippen MR) is 68.5 cm³/mol. The van der Waals surface area contributed by atoms with Crippen LogP contribution in [0.15, 0.2) is 0 Å². The monoisotopic (exact) mass is 612 g/mol. The summed E-state index contributed by atoms with van der Waals surface area (Å²) in [4.78, 5) is 16.0. The molecule has 25 heteroatoms. The Kier molecular flexibility index (Phi) is 8.57. The summed E-state index contributed by atoms with van der Waals surface area (Å²) in [5.41, 5.74) is 0. The second-order valence-corrected chi connectivity index (χ2v) is 7.65. The second kappa shape index (κ2) is 8.89. The summed E-state index contributed by atoms with van der Waals surface area (Å²) >= 11 is 0. The van der Waals surface area contributed by atoms with E-state index < -0.39 is 74.2 Å². The zero-order valence-corrected chi connectivity index (χ0v) is 16.4. The largest absolute Gasteiger partial charge is 0.469 e. The van der Waals surface area contributed by atoms with Crippen molar-refractivity contribution in [2.45, 2.75) is 59.7 Å². The third-order valence-corrected chi connectivity index (χ3v) is 4.40. The van der Waals surface area contributed by atoms with Gasteiger partial charge in [-0.15, -0.1) is 0 Å². The summed E-state index contributed by atoms with van der Waals surface area (Å²) in [5, 5.41) is 0. The lowest BCUT2D eigenvalue weighted by Crippen LogP contribution is -2.76. The van der Waals surface area contributed by atoms with Crippen LogP contribution in [0.25, 0.3) is 0 Å². The van der Waals surface area contributed by atoms with Crippen molar-refractivity contribution < 1.29 is 107 Å². The lowest BCUT2D eigenvalue weighted by molar-refractivity contribution is -0.465. The molecule has 0 atom stereocenters. The quantitative estimate of drug-likeness (QED) is 0.207. The van der Waals surface area contributed by atoms with Crippen LogP contribution >= 0.6 is 7.82 Å². The molecule has 36 heavy (non-hydrogen) atoms. The van der Waals surface area contributed by atoms with Crippen molar-refractivity contribution in [2.24, 2.45) is 0 Å². The Balaban J connectivity index is 6.90. The van der Waals surface area contributed by atoms with E-state index in [0.29, 0.717) is 0 Å². The molecule has 218 valence electrons. The summed E-state index contributed by atoms with van der Waals surface area (Å²) in [5.74, 6) is -76.8. The third-order valence-electron chi connectivity index (χ3n) is 3.93. The van der Waals surface area contributed by atoms with Gasteiger partial charge in [-0.2, -0.15) is 79.0 Å². The maximum absolute atomic E-state index is 13.4. The van der Waals surface area contributed by atoms with E-state index >= 15 is 0 Å². The molecule has 0 radical (unpaired) electrons. The highest BCUT2D eigenvalue weighted by Crippen LogP contribution is 2.65. The van der Waals surface area contributed by atoms with Crippen molar-refractivity contribution in [1.29, 1.82) is 0 Å². The normalized spacial score (nSPS) is 16.6. The molecule has 2 N–H and O–H groups in total. The molecule has 0 bridgehead atoms. The van der Waals surface area contributed by atoms with E-state index in [2.05, 4.69) is 4.52 Å². The van der Waals surface area contributed by atoms with Crippen molar-refractivity contribution in [3.05, 3.63) is 0 Å². The Morgan fingerprint density at radius 3 is 1.03 bits per heavy atom. The van der Waals surface area contributed by atoms with Crippen LogP contribution in [0.2, 0.25) is 0 Å². The lowest BCUT2D eigenvalue weighted by Gasteiger charge is -2.44. The Morgan fingerprint density at radius 2 is 0.778 bits per heavy atom. The van der Waals surface area contributed by atoms with E-state index in [0.717, 1.165) is 0 Å². The SMILES string of the molecule is O=P(O)(O)OCC(F)(F)C(F)(F)C(F)(F)C(F)(F)C(F)(F)C(F)(F)C(F)(F)C(F)(F)C(F)(F)C(F)F. The number of phosphoric ester groups is 1. The number of hydrogen-bond acceptors (Lipinski definition) is 2. The topological polar surface area (TPSA) is 66.8 Å². The molecule has 4 nitrogen and oxygen atoms in total. The van der Waals surface area contributed by atoms with Gasteiger partial charge in [-0.3, -0.25) is 4.52 Å². The highest BCUT2D eigenvalue weighted by atomic mass is 31.2. The highest BCUT2D eigenvalue weighted by Gasteiger charge is 2.96. The molecule has 0 amide bonds. The van der Waals surface area contributed by atoms with Crippen molar-refractivity contribution in [3.63, 3.8) is 0 Å². The molecule has 0 aromatic heterocycles. The number of halogens is 20. The van der Waals surface area contributed by atoms with Gasteiger partial charge in [-0.25, -0.2) is 13.3 Å². The molecular formula is C11H5F20O4P. The Labute approximate surface area is 182 Å². The fraction of sp³-hybridized carbons (Fsp3) is 1.00. The minimum absolute atomic E-state index is 2.55. The zero-order valence-electron chi connectivity index (χ0n) is 15.5. The van der Waals surface area contributed by atoms with Crippen LogP contribution in [-0.2, 0) is 9.09 Å². The first-order valence-corrected chi connectivity index (χ1v) is 9.06. The van der Waals surface area contributed by atoms with E-state index in [1.165, 1.54) is 0 Å². The Morgan fingerprint density at radius 1 is 0.528 bits per heavy atom. The summed E-state index contributed by atoms with van der Waals surface area (Å²) in [6.07, 6.45) is -6.15. The first-order valence-electron chi connectivity index (χ1n) is 7.53. The average molecular weight is 612 g/mol. The molecule has 0 aromatic rings. The second-order valence-electron chi connectivity index (χ2n) is 6.41. The molecule has 0 rings (SSSR count). The summed E-state index contributed by atoms with van der Waals surface area (Å²) in [6.45, 7) is -3.78. The van der Waals surface area contributed by atoms with Gasteiger partial charge in [0.2, 0.25) is 0 Å². The van der Waals surface area contributed by atoms with Gasteiger partial charge in [0.15, 0.2) is 0 Å². The molecule has 0 unspecified atom stereocenters. The standard InChI is InChI=1S/C11H5F20O4P/c12-2(13)4(16,17)6(20,21)8(24,25)10(28,29)11(30,31)9(26,27)7(22,23)5(18,19)3(14,15)1-35-36(32,33)34/h2H,1H2,(H2,32,33,34). The lowest BCUT2D eigenvalue weighted by atomic mass is 9.86. The van der Waals surface area contributed by atoms with Crippen LogP contribution < -0.4 is 0 Å². The minimum atomic E-state index is -9.15. The van der Waals surface area contributed by atoms with Crippen molar-refractivity contribution in [3.8, 4) is 0 Å². The van der Waals surface area contributed by atoms with Crippen LogP contribution in [0.1, 0.15) is 0 Å². The van der Waals surface area contributed by atoms with Gasteiger partial charge in [0.1, 0.15) is 6.61 Å². The van der Waals surface area contributed by atoms with E-state index in [1.807, 2.05) is 0 Å². The maximum atomic E-state index is 13.4. The summed E-state index contributed by atoms with van der Waals surface area (Å²) in [6, 6.07) is 0. The molecule has 0 saturated carbocycles. The molecule has 0 spiro atoms. The number of alkyl halides is 20. The first kappa shape index (κ1) is 34.7. The van der Waals surface area contributed by atoms with Crippen molar-refractivity contribution >= 4 is 7.82 Å². The summed E-state index contributed by atoms with van der Waals surface area (Å²) < 4.78 is 274. The molecule has 0 aliphatic heterocycles. The van der Waals surface area contributed by atoms with E-state index in [1.54, 1.807) is 0 Å². The Bertz CT molecular complexity index is 847. The van der Waals surface area contributed by atoms with Gasteiger partial charge in [0, 0.05) is 0 Å². The predicted octanol–water partition coefficient (Wildman–Crippen LogP) is 6.08. The summed E-state index contributed by atoms with van der Waals surface area (Å²) in [7, 11) is -6.38. The minimum Gasteiger partial charge on any atom is -0.303 e. The van der Waals surface area contributed by atoms with Gasteiger partial charge in [-0.05, 0) is 0 Å².